The van der Waals surface area contributed by atoms with E-state index >= 15 is 0 Å². The fourth-order valence-corrected chi connectivity index (χ4v) is 3.27. The molecule has 1 fully saturated rings. The van der Waals surface area contributed by atoms with Gasteiger partial charge in [0, 0.05) is 42.9 Å². The molecule has 1 heterocycles. The van der Waals surface area contributed by atoms with Crippen LogP contribution in [0.4, 0.5) is 5.69 Å². The molecule has 24 heavy (non-hydrogen) atoms. The average molecular weight is 388 g/mol. The van der Waals surface area contributed by atoms with E-state index in [2.05, 4.69) is 50.2 Å². The molecule has 1 amide bonds. The monoisotopic (exact) mass is 387 g/mol. The van der Waals surface area contributed by atoms with Gasteiger partial charge in [-0.2, -0.15) is 0 Å². The van der Waals surface area contributed by atoms with E-state index in [0.29, 0.717) is 5.56 Å². The number of nitrogens with one attached hydrogen (secondary N) is 1. The van der Waals surface area contributed by atoms with Crippen LogP contribution in [0.25, 0.3) is 0 Å². The second kappa shape index (κ2) is 7.92. The largest absolute Gasteiger partial charge is 0.322 e. The third kappa shape index (κ3) is 4.44. The van der Waals surface area contributed by atoms with Gasteiger partial charge in [0.25, 0.3) is 5.91 Å². The number of likely N-dealkylation sites (N-methyl/N-ethyl adjacent to an activating group) is 1. The van der Waals surface area contributed by atoms with Crippen molar-refractivity contribution in [3.63, 3.8) is 0 Å². The lowest BCUT2D eigenvalue weighted by Crippen LogP contribution is -2.43. The fourth-order valence-electron chi connectivity index (χ4n) is 2.80. The molecule has 0 bridgehead atoms. The molecule has 1 N–H and O–H groups in total. The number of carbonyl (C=O) groups is 1. The van der Waals surface area contributed by atoms with Crippen molar-refractivity contribution < 1.29 is 4.79 Å². The minimum Gasteiger partial charge on any atom is -0.322 e. The molecular formula is C19H22BrN3O. The number of piperazine rings is 1. The van der Waals surface area contributed by atoms with Crippen LogP contribution in [0.5, 0.6) is 0 Å². The Morgan fingerprint density at radius 1 is 1.04 bits per heavy atom. The van der Waals surface area contributed by atoms with E-state index < -0.39 is 0 Å². The first-order valence-electron chi connectivity index (χ1n) is 8.17. The number of hydrogen-bond acceptors (Lipinski definition) is 3. The predicted octanol–water partition coefficient (Wildman–Crippen LogP) is 3.45. The number of halogens is 1. The summed E-state index contributed by atoms with van der Waals surface area (Å²) in [4.78, 5) is 17.1. The smallest absolute Gasteiger partial charge is 0.256 e. The quantitative estimate of drug-likeness (QED) is 0.872. The Morgan fingerprint density at radius 3 is 2.38 bits per heavy atom. The van der Waals surface area contributed by atoms with Crippen LogP contribution in [0.15, 0.2) is 53.0 Å². The number of hydrogen-bond donors (Lipinski definition) is 1. The third-order valence-corrected chi connectivity index (χ3v) is 5.02. The Morgan fingerprint density at radius 2 is 1.71 bits per heavy atom. The molecule has 0 aromatic heterocycles. The highest BCUT2D eigenvalue weighted by atomic mass is 79.9. The van der Waals surface area contributed by atoms with E-state index in [-0.39, 0.29) is 5.91 Å². The van der Waals surface area contributed by atoms with Gasteiger partial charge in [-0.1, -0.05) is 24.3 Å². The van der Waals surface area contributed by atoms with Gasteiger partial charge in [0.1, 0.15) is 0 Å². The van der Waals surface area contributed by atoms with Gasteiger partial charge in [-0.15, -0.1) is 0 Å². The molecule has 1 aliphatic rings. The summed E-state index contributed by atoms with van der Waals surface area (Å²) in [7, 11) is 2.17. The Balaban J connectivity index is 1.58. The second-order valence-electron chi connectivity index (χ2n) is 6.21. The van der Waals surface area contributed by atoms with Crippen LogP contribution in [0.1, 0.15) is 15.9 Å². The predicted molar refractivity (Wildman–Crippen MR) is 101 cm³/mol. The van der Waals surface area contributed by atoms with Crippen molar-refractivity contribution >= 4 is 27.5 Å². The van der Waals surface area contributed by atoms with E-state index in [9.17, 15) is 4.79 Å². The number of amides is 1. The van der Waals surface area contributed by atoms with Crippen LogP contribution in [0.3, 0.4) is 0 Å². The minimum absolute atomic E-state index is 0.103. The van der Waals surface area contributed by atoms with Crippen molar-refractivity contribution in [2.75, 3.05) is 38.5 Å². The first-order valence-corrected chi connectivity index (χ1v) is 8.97. The second-order valence-corrected chi connectivity index (χ2v) is 7.06. The van der Waals surface area contributed by atoms with Gasteiger partial charge in [0.15, 0.2) is 0 Å². The van der Waals surface area contributed by atoms with E-state index in [1.54, 1.807) is 6.07 Å². The van der Waals surface area contributed by atoms with Gasteiger partial charge in [-0.05, 0) is 52.8 Å². The normalized spacial score (nSPS) is 16.1. The molecule has 0 saturated carbocycles. The summed E-state index contributed by atoms with van der Waals surface area (Å²) >= 11 is 3.41. The van der Waals surface area contributed by atoms with Crippen molar-refractivity contribution in [1.29, 1.82) is 0 Å². The SMILES string of the molecule is CN1CCN(Cc2ccc(NC(=O)c3ccccc3Br)cc2)CC1. The highest BCUT2D eigenvalue weighted by molar-refractivity contribution is 9.10. The number of nitrogens with zero attached hydrogens (tertiary/aromatic N) is 2. The summed E-state index contributed by atoms with van der Waals surface area (Å²) in [6.07, 6.45) is 0. The number of carbonyl (C=O) groups excluding carboxylic acids is 1. The van der Waals surface area contributed by atoms with Crippen LogP contribution >= 0.6 is 15.9 Å². The van der Waals surface area contributed by atoms with Crippen molar-refractivity contribution in [2.45, 2.75) is 6.54 Å². The molecule has 0 aliphatic carbocycles. The minimum atomic E-state index is -0.103. The highest BCUT2D eigenvalue weighted by Gasteiger charge is 2.14. The summed E-state index contributed by atoms with van der Waals surface area (Å²) in [5.74, 6) is -0.103. The molecule has 126 valence electrons. The average Bonchev–Trinajstić information content (AvgIpc) is 2.59. The lowest BCUT2D eigenvalue weighted by atomic mass is 10.1. The summed E-state index contributed by atoms with van der Waals surface area (Å²) in [5.41, 5.74) is 2.73. The van der Waals surface area contributed by atoms with E-state index in [1.807, 2.05) is 30.3 Å². The lowest BCUT2D eigenvalue weighted by Gasteiger charge is -2.32. The molecule has 2 aromatic rings. The van der Waals surface area contributed by atoms with Gasteiger partial charge in [-0.3, -0.25) is 9.69 Å². The zero-order valence-electron chi connectivity index (χ0n) is 13.8. The van der Waals surface area contributed by atoms with E-state index in [4.69, 9.17) is 0 Å². The van der Waals surface area contributed by atoms with Crippen LogP contribution in [-0.4, -0.2) is 48.9 Å². The van der Waals surface area contributed by atoms with Crippen LogP contribution in [-0.2, 0) is 6.54 Å². The van der Waals surface area contributed by atoms with Gasteiger partial charge in [0.05, 0.1) is 5.56 Å². The molecule has 3 rings (SSSR count). The van der Waals surface area contributed by atoms with E-state index in [0.717, 1.165) is 42.9 Å². The molecule has 0 spiro atoms. The van der Waals surface area contributed by atoms with Crippen molar-refractivity contribution in [3.05, 3.63) is 64.1 Å². The third-order valence-electron chi connectivity index (χ3n) is 4.33. The Labute approximate surface area is 151 Å². The summed E-state index contributed by atoms with van der Waals surface area (Å²) < 4.78 is 0.800. The Hall–Kier alpha value is -1.69. The van der Waals surface area contributed by atoms with Gasteiger partial charge >= 0.3 is 0 Å². The van der Waals surface area contributed by atoms with Crippen molar-refractivity contribution in [2.24, 2.45) is 0 Å². The van der Waals surface area contributed by atoms with Crippen molar-refractivity contribution in [1.82, 2.24) is 9.80 Å². The van der Waals surface area contributed by atoms with Crippen LogP contribution in [0.2, 0.25) is 0 Å². The van der Waals surface area contributed by atoms with Crippen molar-refractivity contribution in [3.8, 4) is 0 Å². The highest BCUT2D eigenvalue weighted by Crippen LogP contribution is 2.18. The maximum atomic E-state index is 12.3. The fraction of sp³-hybridized carbons (Fsp3) is 0.316. The first-order chi connectivity index (χ1) is 11.6. The zero-order chi connectivity index (χ0) is 16.9. The summed E-state index contributed by atoms with van der Waals surface area (Å²) in [6.45, 7) is 5.43. The number of benzene rings is 2. The molecule has 0 radical (unpaired) electrons. The summed E-state index contributed by atoms with van der Waals surface area (Å²) in [6, 6.07) is 15.6. The molecule has 4 nitrogen and oxygen atoms in total. The molecule has 0 unspecified atom stereocenters. The van der Waals surface area contributed by atoms with E-state index in [1.165, 1.54) is 5.56 Å². The van der Waals surface area contributed by atoms with Crippen LogP contribution in [0, 0.1) is 0 Å². The van der Waals surface area contributed by atoms with Gasteiger partial charge in [0.2, 0.25) is 0 Å². The maximum Gasteiger partial charge on any atom is 0.256 e. The number of anilines is 1. The molecule has 1 saturated heterocycles. The molecule has 5 heteroatoms. The zero-order valence-corrected chi connectivity index (χ0v) is 15.4. The Kier molecular flexibility index (Phi) is 5.66. The van der Waals surface area contributed by atoms with Gasteiger partial charge in [-0.25, -0.2) is 0 Å². The molecular weight excluding hydrogens is 366 g/mol. The number of rotatable bonds is 4. The van der Waals surface area contributed by atoms with Gasteiger partial charge < -0.3 is 10.2 Å². The molecule has 2 aromatic carbocycles. The maximum absolute atomic E-state index is 12.3. The van der Waals surface area contributed by atoms with Crippen LogP contribution < -0.4 is 5.32 Å². The standard InChI is InChI=1S/C19H22BrN3O/c1-22-10-12-23(13-11-22)14-15-6-8-16(9-7-15)21-19(24)17-4-2-3-5-18(17)20/h2-9H,10-14H2,1H3,(H,21,24). The topological polar surface area (TPSA) is 35.6 Å². The first kappa shape index (κ1) is 17.1. The summed E-state index contributed by atoms with van der Waals surface area (Å²) in [5, 5.41) is 2.95. The molecule has 0 atom stereocenters. The lowest BCUT2D eigenvalue weighted by molar-refractivity contribution is 0.102. The Bertz CT molecular complexity index is 694. The molecule has 1 aliphatic heterocycles.